The molecule has 4 N–H and O–H groups in total. The highest BCUT2D eigenvalue weighted by Gasteiger charge is 2.28. The lowest BCUT2D eigenvalue weighted by atomic mass is 9.93. The highest BCUT2D eigenvalue weighted by atomic mass is 19.1. The van der Waals surface area contributed by atoms with Crippen molar-refractivity contribution >= 4 is 17.3 Å². The van der Waals surface area contributed by atoms with Crippen molar-refractivity contribution in [3.63, 3.8) is 0 Å². The fraction of sp³-hybridized carbons (Fsp3) is 0.385. The Kier molecular flexibility index (Phi) is 7.25. The number of carbonyl (C=O) groups excluding carboxylic acids is 1. The molecule has 0 radical (unpaired) electrons. The predicted molar refractivity (Wildman–Crippen MR) is 134 cm³/mol. The lowest BCUT2D eigenvalue weighted by Crippen LogP contribution is -2.31. The number of anilines is 2. The highest BCUT2D eigenvalue weighted by molar-refractivity contribution is 6.06. The first kappa shape index (κ1) is 24.5. The summed E-state index contributed by atoms with van der Waals surface area (Å²) in [6.07, 6.45) is 5.24. The number of aromatic nitrogens is 2. The second-order valence-electron chi connectivity index (χ2n) is 9.35. The van der Waals surface area contributed by atoms with Crippen molar-refractivity contribution in [1.82, 2.24) is 20.6 Å². The van der Waals surface area contributed by atoms with Crippen molar-refractivity contribution in [3.8, 4) is 22.8 Å². The zero-order valence-corrected chi connectivity index (χ0v) is 20.5. The van der Waals surface area contributed by atoms with Gasteiger partial charge < -0.3 is 30.4 Å². The maximum absolute atomic E-state index is 14.2. The first-order chi connectivity index (χ1) is 16.8. The van der Waals surface area contributed by atoms with E-state index in [1.165, 1.54) is 32.7 Å². The number of benzene rings is 1. The van der Waals surface area contributed by atoms with Gasteiger partial charge in [-0.05, 0) is 36.6 Å². The average Bonchev–Trinajstić information content (AvgIpc) is 3.43. The van der Waals surface area contributed by atoms with Gasteiger partial charge in [0, 0.05) is 37.0 Å². The van der Waals surface area contributed by atoms with Crippen molar-refractivity contribution in [1.29, 1.82) is 0 Å². The molecule has 186 valence electrons. The minimum atomic E-state index is -0.496. The summed E-state index contributed by atoms with van der Waals surface area (Å²) in [7, 11) is 2.95. The van der Waals surface area contributed by atoms with Crippen LogP contribution in [0.15, 0.2) is 36.7 Å². The number of nitrogens with zero attached hydrogens (tertiary/aromatic N) is 1. The third kappa shape index (κ3) is 5.24. The van der Waals surface area contributed by atoms with Crippen LogP contribution in [0.5, 0.6) is 11.5 Å². The number of halogens is 1. The largest absolute Gasteiger partial charge is 0.494 e. The number of nitrogens with one attached hydrogen (secondary N) is 4. The summed E-state index contributed by atoms with van der Waals surface area (Å²) in [6, 6.07) is 6.37. The van der Waals surface area contributed by atoms with E-state index in [1.807, 2.05) is 0 Å². The number of ether oxygens (including phenoxy) is 2. The second kappa shape index (κ2) is 10.4. The second-order valence-corrected chi connectivity index (χ2v) is 9.35. The summed E-state index contributed by atoms with van der Waals surface area (Å²) >= 11 is 0. The van der Waals surface area contributed by atoms with E-state index < -0.39 is 5.82 Å². The summed E-state index contributed by atoms with van der Waals surface area (Å²) in [5.74, 6) is -0.0730. The first-order valence-electron chi connectivity index (χ1n) is 11.7. The van der Waals surface area contributed by atoms with Crippen molar-refractivity contribution in [3.05, 3.63) is 53.7 Å². The fourth-order valence-electron chi connectivity index (χ4n) is 4.35. The molecule has 1 aromatic carbocycles. The van der Waals surface area contributed by atoms with E-state index in [0.717, 1.165) is 11.3 Å². The molecule has 0 spiro atoms. The Hall–Kier alpha value is -3.59. The Bertz CT molecular complexity index is 1200. The highest BCUT2D eigenvalue weighted by Crippen LogP contribution is 2.41. The van der Waals surface area contributed by atoms with Crippen LogP contribution >= 0.6 is 0 Å². The van der Waals surface area contributed by atoms with Crippen molar-refractivity contribution in [2.75, 3.05) is 39.2 Å². The monoisotopic (exact) mass is 481 g/mol. The van der Waals surface area contributed by atoms with Gasteiger partial charge in [-0.15, -0.1) is 0 Å². The van der Waals surface area contributed by atoms with Gasteiger partial charge in [0.2, 0.25) is 0 Å². The van der Waals surface area contributed by atoms with Crippen LogP contribution in [-0.4, -0.2) is 49.7 Å². The van der Waals surface area contributed by atoms with Gasteiger partial charge >= 0.3 is 0 Å². The maximum atomic E-state index is 14.2. The van der Waals surface area contributed by atoms with Crippen molar-refractivity contribution < 1.29 is 18.7 Å². The van der Waals surface area contributed by atoms with E-state index in [-0.39, 0.29) is 11.7 Å². The van der Waals surface area contributed by atoms with Crippen molar-refractivity contribution in [2.45, 2.75) is 26.7 Å². The van der Waals surface area contributed by atoms with Crippen molar-refractivity contribution in [2.24, 2.45) is 5.41 Å². The molecule has 1 fully saturated rings. The Morgan fingerprint density at radius 2 is 1.97 bits per heavy atom. The number of H-pyrrole nitrogens is 1. The molecule has 35 heavy (non-hydrogen) atoms. The maximum Gasteiger partial charge on any atom is 0.255 e. The van der Waals surface area contributed by atoms with E-state index in [0.29, 0.717) is 46.8 Å². The molecule has 0 atom stereocenters. The van der Waals surface area contributed by atoms with Gasteiger partial charge in [0.05, 0.1) is 43.0 Å². The number of pyridine rings is 1. The van der Waals surface area contributed by atoms with Gasteiger partial charge in [-0.3, -0.25) is 9.78 Å². The van der Waals surface area contributed by atoms with E-state index >= 15 is 0 Å². The van der Waals surface area contributed by atoms with E-state index in [9.17, 15) is 9.18 Å². The molecule has 1 saturated heterocycles. The van der Waals surface area contributed by atoms with Crippen LogP contribution in [-0.2, 0) is 6.42 Å². The minimum absolute atomic E-state index is 0.0707. The molecule has 0 bridgehead atoms. The zero-order chi connectivity index (χ0) is 25.0. The van der Waals surface area contributed by atoms with Crippen LogP contribution in [0.4, 0.5) is 15.8 Å². The molecular weight excluding hydrogens is 449 g/mol. The molecule has 1 amide bonds. The van der Waals surface area contributed by atoms with E-state index in [4.69, 9.17) is 9.47 Å². The van der Waals surface area contributed by atoms with Crippen LogP contribution in [0.25, 0.3) is 11.3 Å². The molecule has 0 unspecified atom stereocenters. The first-order valence-corrected chi connectivity index (χ1v) is 11.7. The standard InChI is InChI=1S/C20H19FN4O3.C6H13N/c1-27-15-10-22-8-6-11(15)17-18(16-13(24-17)7-9-23-20(16)26)25-14-5-3-4-12(21)19(14)28-2;1-6(2)3-4-7-5-6/h3-6,8,10,24-25H,7,9H2,1-2H3,(H,23,26);7H,3-5H2,1-2H3. The summed E-state index contributed by atoms with van der Waals surface area (Å²) < 4.78 is 24.8. The van der Waals surface area contributed by atoms with Gasteiger partial charge in [-0.25, -0.2) is 4.39 Å². The number of para-hydroxylation sites is 1. The Balaban J connectivity index is 0.000000356. The molecule has 2 aliphatic rings. The van der Waals surface area contributed by atoms with Crippen LogP contribution in [0.1, 0.15) is 36.3 Å². The molecule has 4 heterocycles. The number of hydrogen-bond donors (Lipinski definition) is 4. The summed E-state index contributed by atoms with van der Waals surface area (Å²) in [6.45, 7) is 7.56. The number of rotatable bonds is 5. The SMILES string of the molecule is CC1(C)CCNC1.COc1cnccc1-c1[nH]c2c(c1Nc1cccc(F)c1OC)C(=O)NCC2. The lowest BCUT2D eigenvalue weighted by molar-refractivity contribution is 0.0947. The average molecular weight is 482 g/mol. The predicted octanol–water partition coefficient (Wildman–Crippen LogP) is 4.27. The summed E-state index contributed by atoms with van der Waals surface area (Å²) in [5.41, 5.74) is 4.21. The Labute approximate surface area is 204 Å². The van der Waals surface area contributed by atoms with Gasteiger partial charge in [-0.1, -0.05) is 19.9 Å². The van der Waals surface area contributed by atoms with Gasteiger partial charge in [0.1, 0.15) is 5.75 Å². The van der Waals surface area contributed by atoms with E-state index in [1.54, 1.807) is 37.7 Å². The number of aromatic amines is 1. The molecule has 2 aliphatic heterocycles. The molecule has 9 heteroatoms. The normalized spacial score (nSPS) is 16.0. The van der Waals surface area contributed by atoms with Gasteiger partial charge in [0.25, 0.3) is 5.91 Å². The molecule has 2 aromatic heterocycles. The lowest BCUT2D eigenvalue weighted by Gasteiger charge is -2.17. The topological polar surface area (TPSA) is 100 Å². The summed E-state index contributed by atoms with van der Waals surface area (Å²) in [5, 5.41) is 9.35. The smallest absolute Gasteiger partial charge is 0.255 e. The third-order valence-electron chi connectivity index (χ3n) is 6.25. The minimum Gasteiger partial charge on any atom is -0.494 e. The molecule has 8 nitrogen and oxygen atoms in total. The number of methoxy groups -OCH3 is 2. The van der Waals surface area contributed by atoms with Crippen LogP contribution in [0.3, 0.4) is 0 Å². The molecule has 0 saturated carbocycles. The van der Waals surface area contributed by atoms with Crippen LogP contribution in [0, 0.1) is 11.2 Å². The third-order valence-corrected chi connectivity index (χ3v) is 6.25. The van der Waals surface area contributed by atoms with E-state index in [2.05, 4.69) is 39.8 Å². The zero-order valence-electron chi connectivity index (χ0n) is 20.5. The number of fused-ring (bicyclic) bond motifs is 1. The quantitative estimate of drug-likeness (QED) is 0.434. The van der Waals surface area contributed by atoms with Gasteiger partial charge in [0.15, 0.2) is 11.6 Å². The number of amides is 1. The fourth-order valence-corrected chi connectivity index (χ4v) is 4.35. The summed E-state index contributed by atoms with van der Waals surface area (Å²) in [4.78, 5) is 20.0. The van der Waals surface area contributed by atoms with Crippen LogP contribution in [0.2, 0.25) is 0 Å². The number of hydrogen-bond acceptors (Lipinski definition) is 6. The van der Waals surface area contributed by atoms with Crippen LogP contribution < -0.4 is 25.4 Å². The molecular formula is C26H32FN5O3. The molecule has 5 rings (SSSR count). The van der Waals surface area contributed by atoms with Gasteiger partial charge in [-0.2, -0.15) is 0 Å². The molecule has 0 aliphatic carbocycles. The Morgan fingerprint density at radius 1 is 1.14 bits per heavy atom. The molecule has 3 aromatic rings. The number of carbonyl (C=O) groups is 1. The Morgan fingerprint density at radius 3 is 2.63 bits per heavy atom.